The van der Waals surface area contributed by atoms with Crippen LogP contribution < -0.4 is 0 Å². The fourth-order valence-corrected chi connectivity index (χ4v) is 3.66. The molecule has 1 amide bonds. The average molecular weight is 384 g/mol. The van der Waals surface area contributed by atoms with Crippen molar-refractivity contribution in [3.05, 3.63) is 71.5 Å². The quantitative estimate of drug-likeness (QED) is 0.763. The summed E-state index contributed by atoms with van der Waals surface area (Å²) >= 11 is 0. The third kappa shape index (κ3) is 5.63. The summed E-state index contributed by atoms with van der Waals surface area (Å²) in [6.07, 6.45) is 1.03. The first-order valence-corrected chi connectivity index (χ1v) is 10.0. The molecule has 2 aromatic rings. The van der Waals surface area contributed by atoms with E-state index in [9.17, 15) is 9.18 Å². The van der Waals surface area contributed by atoms with Crippen molar-refractivity contribution < 1.29 is 9.18 Å². The molecule has 0 radical (unpaired) electrons. The van der Waals surface area contributed by atoms with Crippen molar-refractivity contribution in [1.82, 2.24) is 14.7 Å². The lowest BCUT2D eigenvalue weighted by molar-refractivity contribution is -0.133. The zero-order valence-corrected chi connectivity index (χ0v) is 16.9. The van der Waals surface area contributed by atoms with Gasteiger partial charge in [0.15, 0.2) is 0 Å². The van der Waals surface area contributed by atoms with Crippen molar-refractivity contribution in [1.29, 1.82) is 0 Å². The maximum atomic E-state index is 13.1. The normalized spacial score (nSPS) is 17.1. The van der Waals surface area contributed by atoms with E-state index in [4.69, 9.17) is 0 Å². The van der Waals surface area contributed by atoms with Crippen LogP contribution in [0.2, 0.25) is 0 Å². The number of nitrogens with zero attached hydrogens (tertiary/aromatic N) is 3. The van der Waals surface area contributed by atoms with E-state index in [-0.39, 0.29) is 17.8 Å². The average Bonchev–Trinajstić information content (AvgIpc) is 2.94. The van der Waals surface area contributed by atoms with Gasteiger partial charge in [0.1, 0.15) is 5.82 Å². The largest absolute Gasteiger partial charge is 0.338 e. The van der Waals surface area contributed by atoms with Gasteiger partial charge in [-0.25, -0.2) is 4.39 Å². The van der Waals surface area contributed by atoms with Gasteiger partial charge in [0, 0.05) is 26.7 Å². The molecular formula is C23H30FN3O. The monoisotopic (exact) mass is 383 g/mol. The fourth-order valence-electron chi connectivity index (χ4n) is 3.66. The van der Waals surface area contributed by atoms with Crippen molar-refractivity contribution in [2.24, 2.45) is 0 Å². The van der Waals surface area contributed by atoms with Crippen molar-refractivity contribution in [3.63, 3.8) is 0 Å². The number of benzene rings is 2. The number of likely N-dealkylation sites (N-methyl/N-ethyl adjacent to an activating group) is 1. The molecule has 0 aromatic heterocycles. The molecule has 1 fully saturated rings. The molecule has 1 heterocycles. The topological polar surface area (TPSA) is 26.8 Å². The number of carbonyl (C=O) groups is 1. The maximum absolute atomic E-state index is 13.1. The Hall–Kier alpha value is -2.24. The van der Waals surface area contributed by atoms with Crippen molar-refractivity contribution in [2.45, 2.75) is 25.9 Å². The molecule has 5 heteroatoms. The predicted molar refractivity (Wildman–Crippen MR) is 110 cm³/mol. The van der Waals surface area contributed by atoms with E-state index in [1.54, 1.807) is 0 Å². The molecule has 28 heavy (non-hydrogen) atoms. The lowest BCUT2D eigenvalue weighted by Crippen LogP contribution is -2.41. The number of carbonyl (C=O) groups excluding carboxylic acids is 1. The molecule has 1 atom stereocenters. The van der Waals surface area contributed by atoms with Gasteiger partial charge >= 0.3 is 0 Å². The minimum Gasteiger partial charge on any atom is -0.338 e. The summed E-state index contributed by atoms with van der Waals surface area (Å²) in [7, 11) is 1.89. The third-order valence-corrected chi connectivity index (χ3v) is 5.62. The molecule has 4 nitrogen and oxygen atoms in total. The number of halogens is 1. The first kappa shape index (κ1) is 20.5. The summed E-state index contributed by atoms with van der Waals surface area (Å²) < 4.78 is 13.1. The summed E-state index contributed by atoms with van der Waals surface area (Å²) in [5.41, 5.74) is 2.28. The highest BCUT2D eigenvalue weighted by Gasteiger charge is 2.22. The molecule has 3 rings (SSSR count). The van der Waals surface area contributed by atoms with E-state index in [0.29, 0.717) is 6.54 Å². The number of amides is 1. The smallest absolute Gasteiger partial charge is 0.236 e. The van der Waals surface area contributed by atoms with E-state index in [0.717, 1.165) is 50.3 Å². The van der Waals surface area contributed by atoms with Crippen LogP contribution in [0.15, 0.2) is 54.6 Å². The number of hydrogen-bond donors (Lipinski definition) is 0. The zero-order chi connectivity index (χ0) is 19.9. The highest BCUT2D eigenvalue weighted by atomic mass is 19.1. The third-order valence-electron chi connectivity index (χ3n) is 5.62. The van der Waals surface area contributed by atoms with Gasteiger partial charge in [0.05, 0.1) is 12.6 Å². The van der Waals surface area contributed by atoms with Gasteiger partial charge in [-0.15, -0.1) is 0 Å². The van der Waals surface area contributed by atoms with Crippen molar-refractivity contribution >= 4 is 5.91 Å². The summed E-state index contributed by atoms with van der Waals surface area (Å²) in [5, 5.41) is 0. The number of rotatable bonds is 6. The number of hydrogen-bond acceptors (Lipinski definition) is 3. The Labute approximate surface area is 167 Å². The Morgan fingerprint density at radius 2 is 1.64 bits per heavy atom. The Bertz CT molecular complexity index is 750. The minimum atomic E-state index is -0.196. The van der Waals surface area contributed by atoms with Gasteiger partial charge in [0.2, 0.25) is 5.91 Å². The highest BCUT2D eigenvalue weighted by Crippen LogP contribution is 2.18. The van der Waals surface area contributed by atoms with E-state index in [1.165, 1.54) is 12.1 Å². The molecule has 0 bridgehead atoms. The van der Waals surface area contributed by atoms with E-state index in [2.05, 4.69) is 28.9 Å². The SMILES string of the molecule is CC(c1ccccc1)N(C)C(=O)CN1CCCN(Cc2ccc(F)cc2)CC1. The second-order valence-electron chi connectivity index (χ2n) is 7.62. The van der Waals surface area contributed by atoms with Gasteiger partial charge in [-0.3, -0.25) is 14.6 Å². The highest BCUT2D eigenvalue weighted by molar-refractivity contribution is 5.78. The van der Waals surface area contributed by atoms with Crippen LogP contribution in [0.4, 0.5) is 4.39 Å². The summed E-state index contributed by atoms with van der Waals surface area (Å²) in [5.74, 6) is -0.0403. The molecule has 1 unspecified atom stereocenters. The van der Waals surface area contributed by atoms with Crippen molar-refractivity contribution in [2.75, 3.05) is 39.8 Å². The molecule has 0 spiro atoms. The van der Waals surface area contributed by atoms with Gasteiger partial charge in [0.25, 0.3) is 0 Å². The molecule has 2 aromatic carbocycles. The Morgan fingerprint density at radius 3 is 2.36 bits per heavy atom. The second kappa shape index (κ2) is 9.80. The predicted octanol–water partition coefficient (Wildman–Crippen LogP) is 3.55. The lowest BCUT2D eigenvalue weighted by atomic mass is 10.1. The molecule has 150 valence electrons. The lowest BCUT2D eigenvalue weighted by Gasteiger charge is -2.28. The standard InChI is InChI=1S/C23H30FN3O/c1-19(21-7-4-3-5-8-21)25(2)23(28)18-27-14-6-13-26(15-16-27)17-20-9-11-22(24)12-10-20/h3-5,7-12,19H,6,13-18H2,1-2H3. The molecule has 0 saturated carbocycles. The van der Waals surface area contributed by atoms with Crippen LogP contribution in [0.1, 0.15) is 30.5 Å². The van der Waals surface area contributed by atoms with Gasteiger partial charge in [-0.1, -0.05) is 42.5 Å². The molecule has 1 aliphatic heterocycles. The van der Waals surface area contributed by atoms with Crippen molar-refractivity contribution in [3.8, 4) is 0 Å². The van der Waals surface area contributed by atoms with Gasteiger partial charge < -0.3 is 4.90 Å². The van der Waals surface area contributed by atoms with Crippen LogP contribution in [0, 0.1) is 5.82 Å². The zero-order valence-electron chi connectivity index (χ0n) is 16.9. The van der Waals surface area contributed by atoms with Gasteiger partial charge in [-0.2, -0.15) is 0 Å². The fraction of sp³-hybridized carbons (Fsp3) is 0.435. The minimum absolute atomic E-state index is 0.0654. The molecular weight excluding hydrogens is 353 g/mol. The van der Waals surface area contributed by atoms with E-state index in [1.807, 2.05) is 42.3 Å². The van der Waals surface area contributed by atoms with Crippen LogP contribution in [0.5, 0.6) is 0 Å². The van der Waals surface area contributed by atoms with Crippen LogP contribution in [-0.2, 0) is 11.3 Å². The first-order chi connectivity index (χ1) is 13.5. The Kier molecular flexibility index (Phi) is 7.18. The Balaban J connectivity index is 1.49. The second-order valence-corrected chi connectivity index (χ2v) is 7.62. The molecule has 0 aliphatic carbocycles. The van der Waals surface area contributed by atoms with E-state index < -0.39 is 0 Å². The van der Waals surface area contributed by atoms with Crippen LogP contribution in [0.25, 0.3) is 0 Å². The van der Waals surface area contributed by atoms with E-state index >= 15 is 0 Å². The molecule has 0 N–H and O–H groups in total. The van der Waals surface area contributed by atoms with Gasteiger partial charge in [-0.05, 0) is 49.7 Å². The molecule has 1 aliphatic rings. The Morgan fingerprint density at radius 1 is 1.00 bits per heavy atom. The summed E-state index contributed by atoms with van der Waals surface area (Å²) in [4.78, 5) is 19.3. The first-order valence-electron chi connectivity index (χ1n) is 10.0. The van der Waals surface area contributed by atoms with Crippen LogP contribution in [0.3, 0.4) is 0 Å². The summed E-state index contributed by atoms with van der Waals surface area (Å²) in [6, 6.07) is 16.9. The molecule has 1 saturated heterocycles. The van der Waals surface area contributed by atoms with Crippen LogP contribution in [-0.4, -0.2) is 60.4 Å². The van der Waals surface area contributed by atoms with Crippen LogP contribution >= 0.6 is 0 Å². The maximum Gasteiger partial charge on any atom is 0.236 e. The summed E-state index contributed by atoms with van der Waals surface area (Å²) in [6.45, 7) is 7.08.